The quantitative estimate of drug-likeness (QED) is 0.777. The van der Waals surface area contributed by atoms with Gasteiger partial charge in [0.1, 0.15) is 0 Å². The highest BCUT2D eigenvalue weighted by atomic mass is 79.9. The normalized spacial score (nSPS) is 16.1. The Morgan fingerprint density at radius 3 is 2.82 bits per heavy atom. The molecular weight excluding hydrogens is 280 g/mol. The van der Waals surface area contributed by atoms with Crippen molar-refractivity contribution in [3.63, 3.8) is 0 Å². The lowest BCUT2D eigenvalue weighted by Gasteiger charge is -2.00. The zero-order valence-corrected chi connectivity index (χ0v) is 10.4. The van der Waals surface area contributed by atoms with Crippen LogP contribution in [0.2, 0.25) is 0 Å². The molecule has 84 valence electrons. The number of hydrogen-bond donors (Lipinski definition) is 2. The van der Waals surface area contributed by atoms with Crippen molar-refractivity contribution >= 4 is 39.2 Å². The van der Waals surface area contributed by atoms with Crippen LogP contribution in [0.4, 0.5) is 5.69 Å². The molecule has 0 spiro atoms. The van der Waals surface area contributed by atoms with Crippen LogP contribution in [-0.2, 0) is 4.79 Å². The summed E-state index contributed by atoms with van der Waals surface area (Å²) in [6.07, 6.45) is 3.69. The van der Waals surface area contributed by atoms with E-state index in [2.05, 4.69) is 26.2 Å². The number of anilines is 1. The SMILES string of the molecule is O=C1Nc2cccc(Br)c2/C1=C/c1ccc[nH]1. The molecule has 17 heavy (non-hydrogen) atoms. The molecule has 1 aromatic carbocycles. The molecule has 0 bridgehead atoms. The van der Waals surface area contributed by atoms with Crippen LogP contribution < -0.4 is 5.32 Å². The van der Waals surface area contributed by atoms with Crippen LogP contribution in [0, 0.1) is 0 Å². The minimum atomic E-state index is -0.0681. The third kappa shape index (κ3) is 1.70. The number of aromatic amines is 1. The number of benzene rings is 1. The second kappa shape index (κ2) is 3.89. The number of amides is 1. The minimum Gasteiger partial charge on any atom is -0.362 e. The molecule has 2 aromatic rings. The predicted octanol–water partition coefficient (Wildman–Crippen LogP) is 3.27. The maximum Gasteiger partial charge on any atom is 0.256 e. The summed E-state index contributed by atoms with van der Waals surface area (Å²) in [6.45, 7) is 0. The first kappa shape index (κ1) is 10.4. The zero-order valence-electron chi connectivity index (χ0n) is 8.83. The number of fused-ring (bicyclic) bond motifs is 1. The van der Waals surface area contributed by atoms with E-state index in [1.54, 1.807) is 0 Å². The monoisotopic (exact) mass is 288 g/mol. The van der Waals surface area contributed by atoms with Crippen molar-refractivity contribution in [3.05, 3.63) is 52.3 Å². The van der Waals surface area contributed by atoms with E-state index in [1.165, 1.54) is 0 Å². The van der Waals surface area contributed by atoms with Crippen LogP contribution >= 0.6 is 15.9 Å². The van der Waals surface area contributed by atoms with Gasteiger partial charge in [-0.1, -0.05) is 22.0 Å². The molecule has 0 radical (unpaired) electrons. The number of rotatable bonds is 1. The van der Waals surface area contributed by atoms with Gasteiger partial charge in [0.15, 0.2) is 0 Å². The molecule has 0 atom stereocenters. The lowest BCUT2D eigenvalue weighted by molar-refractivity contribution is -0.110. The minimum absolute atomic E-state index is 0.0681. The van der Waals surface area contributed by atoms with Gasteiger partial charge in [0.25, 0.3) is 5.91 Å². The van der Waals surface area contributed by atoms with E-state index >= 15 is 0 Å². The Balaban J connectivity index is 2.17. The highest BCUT2D eigenvalue weighted by Gasteiger charge is 2.25. The lowest BCUT2D eigenvalue weighted by atomic mass is 10.1. The number of aromatic nitrogens is 1. The number of nitrogens with one attached hydrogen (secondary N) is 2. The molecule has 0 aliphatic carbocycles. The summed E-state index contributed by atoms with van der Waals surface area (Å²) in [5.41, 5.74) is 3.36. The van der Waals surface area contributed by atoms with Gasteiger partial charge in [0, 0.05) is 21.9 Å². The Labute approximate surface area is 107 Å². The molecule has 2 N–H and O–H groups in total. The average Bonchev–Trinajstić information content (AvgIpc) is 2.89. The Morgan fingerprint density at radius 2 is 2.06 bits per heavy atom. The summed E-state index contributed by atoms with van der Waals surface area (Å²) in [5, 5.41) is 2.85. The second-order valence-corrected chi connectivity index (χ2v) is 4.65. The number of hydrogen-bond acceptors (Lipinski definition) is 1. The highest BCUT2D eigenvalue weighted by molar-refractivity contribution is 9.10. The Kier molecular flexibility index (Phi) is 2.37. The molecule has 0 saturated carbocycles. The summed E-state index contributed by atoms with van der Waals surface area (Å²) in [7, 11) is 0. The maximum absolute atomic E-state index is 11.9. The molecule has 0 fully saturated rings. The van der Waals surface area contributed by atoms with Crippen LogP contribution in [-0.4, -0.2) is 10.9 Å². The first-order valence-corrected chi connectivity index (χ1v) is 6.00. The molecule has 1 aliphatic rings. The fourth-order valence-electron chi connectivity index (χ4n) is 1.93. The maximum atomic E-state index is 11.9. The van der Waals surface area contributed by atoms with Gasteiger partial charge in [-0.2, -0.15) is 0 Å². The van der Waals surface area contributed by atoms with Gasteiger partial charge < -0.3 is 10.3 Å². The smallest absolute Gasteiger partial charge is 0.256 e. The van der Waals surface area contributed by atoms with Gasteiger partial charge in [-0.05, 0) is 30.3 Å². The lowest BCUT2D eigenvalue weighted by Crippen LogP contribution is -2.03. The summed E-state index contributed by atoms with van der Waals surface area (Å²) >= 11 is 3.48. The number of halogens is 1. The topological polar surface area (TPSA) is 44.9 Å². The largest absolute Gasteiger partial charge is 0.362 e. The van der Waals surface area contributed by atoms with Crippen LogP contribution in [0.15, 0.2) is 41.0 Å². The van der Waals surface area contributed by atoms with Crippen LogP contribution in [0.5, 0.6) is 0 Å². The predicted molar refractivity (Wildman–Crippen MR) is 71.4 cm³/mol. The third-order valence-electron chi connectivity index (χ3n) is 2.70. The Hall–Kier alpha value is -1.81. The molecule has 1 aromatic heterocycles. The standard InChI is InChI=1S/C13H9BrN2O/c14-10-4-1-5-11-12(10)9(13(17)16-11)7-8-3-2-6-15-8/h1-7,15H,(H,16,17)/b9-7-. The summed E-state index contributed by atoms with van der Waals surface area (Å²) < 4.78 is 0.922. The third-order valence-corrected chi connectivity index (χ3v) is 3.36. The van der Waals surface area contributed by atoms with Gasteiger partial charge in [0.2, 0.25) is 0 Å². The first-order valence-electron chi connectivity index (χ1n) is 5.21. The molecule has 3 nitrogen and oxygen atoms in total. The van der Waals surface area contributed by atoms with E-state index in [1.807, 2.05) is 42.6 Å². The summed E-state index contributed by atoms with van der Waals surface area (Å²) in [5.74, 6) is -0.0681. The molecule has 1 aliphatic heterocycles. The number of carbonyl (C=O) groups excluding carboxylic acids is 1. The molecule has 3 rings (SSSR count). The van der Waals surface area contributed by atoms with Crippen molar-refractivity contribution in [2.45, 2.75) is 0 Å². The molecule has 4 heteroatoms. The molecule has 1 amide bonds. The van der Waals surface area contributed by atoms with E-state index in [9.17, 15) is 4.79 Å². The van der Waals surface area contributed by atoms with Crippen LogP contribution in [0.25, 0.3) is 11.6 Å². The van der Waals surface area contributed by atoms with Crippen molar-refractivity contribution in [3.8, 4) is 0 Å². The van der Waals surface area contributed by atoms with E-state index in [0.717, 1.165) is 21.4 Å². The van der Waals surface area contributed by atoms with E-state index in [4.69, 9.17) is 0 Å². The van der Waals surface area contributed by atoms with Gasteiger partial charge in [-0.15, -0.1) is 0 Å². The zero-order chi connectivity index (χ0) is 11.8. The van der Waals surface area contributed by atoms with E-state index < -0.39 is 0 Å². The summed E-state index contributed by atoms with van der Waals surface area (Å²) in [4.78, 5) is 15.0. The van der Waals surface area contributed by atoms with Crippen molar-refractivity contribution in [2.75, 3.05) is 5.32 Å². The van der Waals surface area contributed by atoms with Crippen LogP contribution in [0.3, 0.4) is 0 Å². The molecule has 2 heterocycles. The highest BCUT2D eigenvalue weighted by Crippen LogP contribution is 2.37. The van der Waals surface area contributed by atoms with Gasteiger partial charge >= 0.3 is 0 Å². The Bertz CT molecular complexity index is 614. The van der Waals surface area contributed by atoms with Crippen molar-refractivity contribution in [1.82, 2.24) is 4.98 Å². The number of H-pyrrole nitrogens is 1. The fraction of sp³-hybridized carbons (Fsp3) is 0. The number of carbonyl (C=O) groups is 1. The summed E-state index contributed by atoms with van der Waals surface area (Å²) in [6, 6.07) is 9.56. The van der Waals surface area contributed by atoms with Crippen molar-refractivity contribution in [2.24, 2.45) is 0 Å². The molecule has 0 saturated heterocycles. The molecular formula is C13H9BrN2O. The Morgan fingerprint density at radius 1 is 1.18 bits per heavy atom. The van der Waals surface area contributed by atoms with Crippen molar-refractivity contribution in [1.29, 1.82) is 0 Å². The van der Waals surface area contributed by atoms with E-state index in [-0.39, 0.29) is 5.91 Å². The fourth-order valence-corrected chi connectivity index (χ4v) is 2.51. The molecule has 0 unspecified atom stereocenters. The second-order valence-electron chi connectivity index (χ2n) is 3.80. The van der Waals surface area contributed by atoms with Gasteiger partial charge in [0.05, 0.1) is 11.3 Å². The average molecular weight is 289 g/mol. The van der Waals surface area contributed by atoms with E-state index in [0.29, 0.717) is 5.57 Å². The van der Waals surface area contributed by atoms with Gasteiger partial charge in [-0.3, -0.25) is 4.79 Å². The van der Waals surface area contributed by atoms with Crippen molar-refractivity contribution < 1.29 is 4.79 Å². The first-order chi connectivity index (χ1) is 8.25. The van der Waals surface area contributed by atoms with Crippen LogP contribution in [0.1, 0.15) is 11.3 Å². The van der Waals surface area contributed by atoms with Gasteiger partial charge in [-0.25, -0.2) is 0 Å².